The number of hydrogen-bond acceptors (Lipinski definition) is 10. The van der Waals surface area contributed by atoms with Crippen LogP contribution in [0.25, 0.3) is 0 Å². The number of aliphatic hydroxyl groups is 1. The maximum absolute atomic E-state index is 13.7. The molecule has 3 N–H and O–H groups in total. The van der Waals surface area contributed by atoms with Crippen molar-refractivity contribution in [3.63, 3.8) is 0 Å². The second kappa shape index (κ2) is 10.5. The summed E-state index contributed by atoms with van der Waals surface area (Å²) in [4.78, 5) is 38.6. The summed E-state index contributed by atoms with van der Waals surface area (Å²) in [5, 5.41) is 13.6. The Morgan fingerprint density at radius 3 is 2.61 bits per heavy atom. The van der Waals surface area contributed by atoms with Crippen molar-refractivity contribution in [3.8, 4) is 18.1 Å². The van der Waals surface area contributed by atoms with Crippen molar-refractivity contribution < 1.29 is 37.7 Å². The number of aromatic nitrogens is 2. The average molecular weight is 549 g/mol. The Labute approximate surface area is 217 Å². The number of carbonyl (C=O) groups is 1. The largest absolute Gasteiger partial charge is 0.462 e. The predicted molar refractivity (Wildman–Crippen MR) is 132 cm³/mol. The van der Waals surface area contributed by atoms with Gasteiger partial charge >= 0.3 is 19.4 Å². The molecule has 2 fully saturated rings. The zero-order valence-corrected chi connectivity index (χ0v) is 21.8. The molecule has 4 rings (SSSR count). The van der Waals surface area contributed by atoms with Crippen LogP contribution in [0.4, 0.5) is 0 Å². The van der Waals surface area contributed by atoms with Crippen molar-refractivity contribution >= 4 is 13.7 Å². The molecule has 6 atom stereocenters. The van der Waals surface area contributed by atoms with E-state index in [0.717, 1.165) is 10.6 Å². The summed E-state index contributed by atoms with van der Waals surface area (Å²) in [5.74, 6) is 1.85. The Bertz CT molecular complexity index is 1390. The molecule has 2 aliphatic rings. The fourth-order valence-corrected chi connectivity index (χ4v) is 5.75. The minimum atomic E-state index is -4.28. The number of hydrogen-bond donors (Lipinski definition) is 3. The van der Waals surface area contributed by atoms with Crippen LogP contribution >= 0.6 is 7.75 Å². The molecular formula is C24H28N3O10P. The molecule has 1 aromatic carbocycles. The third-order valence-electron chi connectivity index (χ3n) is 6.05. The summed E-state index contributed by atoms with van der Waals surface area (Å²) < 4.78 is 42.7. The second-order valence-corrected chi connectivity index (χ2v) is 10.8. The lowest BCUT2D eigenvalue weighted by Crippen LogP contribution is -2.71. The fraction of sp³-hybridized carbons (Fsp3) is 0.458. The van der Waals surface area contributed by atoms with E-state index in [1.807, 2.05) is 0 Å². The van der Waals surface area contributed by atoms with E-state index in [9.17, 15) is 24.1 Å². The van der Waals surface area contributed by atoms with Gasteiger partial charge in [-0.2, -0.15) is 5.09 Å². The first-order chi connectivity index (χ1) is 17.9. The number of nitrogens with zero attached hydrogens (tertiary/aromatic N) is 1. The highest BCUT2D eigenvalue weighted by Crippen LogP contribution is 2.54. The number of para-hydroxylation sites is 1. The first-order valence-corrected chi connectivity index (χ1v) is 13.3. The molecule has 0 radical (unpaired) electrons. The number of fused-ring (bicyclic) bond motifs is 1. The summed E-state index contributed by atoms with van der Waals surface area (Å²) in [6.07, 6.45) is 3.69. The van der Waals surface area contributed by atoms with Crippen LogP contribution in [-0.4, -0.2) is 63.8 Å². The van der Waals surface area contributed by atoms with Gasteiger partial charge in [-0.3, -0.25) is 23.7 Å². The van der Waals surface area contributed by atoms with E-state index in [1.54, 1.807) is 32.0 Å². The molecule has 0 saturated carbocycles. The maximum Gasteiger partial charge on any atom is 0.459 e. The standard InChI is InChI=1S/C24H28N3O10P/c1-5-23-20(29)18(36-24(23,14-33-23)27-12-11-19(28)25-22(27)31)13-34-38(32,37-17-9-7-6-8-10-17)26-16(4)21(30)35-15(2)3/h1,6-12,15-16,18,20,29H,13-14H2,2-4H3,(H,26,32)(H,25,28,31)/t16-,18+,20?,23?,24+,38-/m0/s1. The van der Waals surface area contributed by atoms with Crippen molar-refractivity contribution in [2.45, 2.75) is 56.5 Å². The lowest BCUT2D eigenvalue weighted by molar-refractivity contribution is -0.312. The Morgan fingerprint density at radius 2 is 2.03 bits per heavy atom. The van der Waals surface area contributed by atoms with Crippen molar-refractivity contribution in [1.29, 1.82) is 0 Å². The summed E-state index contributed by atoms with van der Waals surface area (Å²) >= 11 is 0. The molecular weight excluding hydrogens is 521 g/mol. The third-order valence-corrected chi connectivity index (χ3v) is 7.70. The molecule has 3 heterocycles. The molecule has 0 aliphatic carbocycles. The van der Waals surface area contributed by atoms with E-state index in [-0.39, 0.29) is 12.4 Å². The molecule has 14 heteroatoms. The molecule has 204 valence electrons. The number of ether oxygens (including phenoxy) is 3. The van der Waals surface area contributed by atoms with Crippen LogP contribution in [0.1, 0.15) is 20.8 Å². The number of H-pyrrole nitrogens is 1. The number of carbonyl (C=O) groups excluding carboxylic acids is 1. The zero-order chi connectivity index (χ0) is 27.7. The number of rotatable bonds is 10. The topological polar surface area (TPSA) is 167 Å². The van der Waals surface area contributed by atoms with Crippen molar-refractivity contribution in [1.82, 2.24) is 14.6 Å². The second-order valence-electron chi connectivity index (χ2n) is 9.07. The highest BCUT2D eigenvalue weighted by Gasteiger charge is 2.75. The van der Waals surface area contributed by atoms with Crippen LogP contribution in [0, 0.1) is 12.3 Å². The highest BCUT2D eigenvalue weighted by molar-refractivity contribution is 7.52. The quantitative estimate of drug-likeness (QED) is 0.214. The Kier molecular flexibility index (Phi) is 7.67. The van der Waals surface area contributed by atoms with Crippen LogP contribution in [0.3, 0.4) is 0 Å². The summed E-state index contributed by atoms with van der Waals surface area (Å²) in [7, 11) is -4.28. The molecule has 38 heavy (non-hydrogen) atoms. The number of benzene rings is 1. The third kappa shape index (κ3) is 4.94. The molecule has 2 aliphatic heterocycles. The van der Waals surface area contributed by atoms with Gasteiger partial charge in [-0.05, 0) is 32.9 Å². The lowest BCUT2D eigenvalue weighted by Gasteiger charge is -2.50. The van der Waals surface area contributed by atoms with Gasteiger partial charge in [0.2, 0.25) is 11.3 Å². The fourth-order valence-electron chi connectivity index (χ4n) is 4.24. The Hall–Kier alpha value is -3.24. The van der Waals surface area contributed by atoms with Crippen LogP contribution in [0.2, 0.25) is 0 Å². The molecule has 1 aromatic heterocycles. The van der Waals surface area contributed by atoms with Gasteiger partial charge in [0, 0.05) is 12.3 Å². The minimum absolute atomic E-state index is 0.181. The maximum atomic E-state index is 13.7. The SMILES string of the molecule is C#CC12OC[C@@]1(n1ccc(=O)[nH]c1=O)O[C@H](CO[P@@](=O)(N[C@@H](C)C(=O)OC(C)C)Oc1ccccc1)C2O. The first kappa shape index (κ1) is 27.8. The van der Waals surface area contributed by atoms with Gasteiger partial charge in [0.05, 0.1) is 12.7 Å². The van der Waals surface area contributed by atoms with Gasteiger partial charge in [-0.25, -0.2) is 9.36 Å². The van der Waals surface area contributed by atoms with Gasteiger partial charge in [0.1, 0.15) is 30.6 Å². The monoisotopic (exact) mass is 549 g/mol. The normalized spacial score (nSPS) is 28.4. The molecule has 2 unspecified atom stereocenters. The average Bonchev–Trinajstić information content (AvgIpc) is 3.00. The highest BCUT2D eigenvalue weighted by atomic mass is 31.2. The molecule has 0 amide bonds. The Morgan fingerprint density at radius 1 is 1.32 bits per heavy atom. The molecule has 0 spiro atoms. The lowest BCUT2D eigenvalue weighted by atomic mass is 9.81. The number of aromatic amines is 1. The van der Waals surface area contributed by atoms with Crippen molar-refractivity contribution in [3.05, 3.63) is 63.4 Å². The van der Waals surface area contributed by atoms with Crippen LogP contribution in [0.5, 0.6) is 5.75 Å². The van der Waals surface area contributed by atoms with E-state index in [0.29, 0.717) is 0 Å². The van der Waals surface area contributed by atoms with Crippen LogP contribution in [0.15, 0.2) is 52.2 Å². The van der Waals surface area contributed by atoms with Crippen LogP contribution in [-0.2, 0) is 33.8 Å². The molecule has 0 bridgehead atoms. The molecule has 13 nitrogen and oxygen atoms in total. The molecule has 2 saturated heterocycles. The van der Waals surface area contributed by atoms with Gasteiger partial charge in [0.15, 0.2) is 0 Å². The zero-order valence-electron chi connectivity index (χ0n) is 20.9. The summed E-state index contributed by atoms with van der Waals surface area (Å²) in [5.41, 5.74) is -4.92. The summed E-state index contributed by atoms with van der Waals surface area (Å²) in [6, 6.07) is 8.10. The van der Waals surface area contributed by atoms with Gasteiger partial charge in [0.25, 0.3) is 5.56 Å². The summed E-state index contributed by atoms with van der Waals surface area (Å²) in [6.45, 7) is 4.00. The van der Waals surface area contributed by atoms with Crippen molar-refractivity contribution in [2.75, 3.05) is 13.2 Å². The van der Waals surface area contributed by atoms with Gasteiger partial charge in [-0.1, -0.05) is 24.1 Å². The molecule has 2 aromatic rings. The number of esters is 1. The van der Waals surface area contributed by atoms with Gasteiger partial charge in [-0.15, -0.1) is 6.42 Å². The van der Waals surface area contributed by atoms with Crippen LogP contribution < -0.4 is 20.9 Å². The number of aliphatic hydroxyl groups excluding tert-OH is 1. The predicted octanol–water partition coefficient (Wildman–Crippen LogP) is 0.485. The van der Waals surface area contributed by atoms with E-state index < -0.39 is 67.3 Å². The number of terminal acetylenes is 1. The van der Waals surface area contributed by atoms with Crippen molar-refractivity contribution in [2.24, 2.45) is 0 Å². The van der Waals surface area contributed by atoms with E-state index in [2.05, 4.69) is 16.0 Å². The van der Waals surface area contributed by atoms with E-state index >= 15 is 0 Å². The van der Waals surface area contributed by atoms with E-state index in [1.165, 1.54) is 25.3 Å². The first-order valence-electron chi connectivity index (χ1n) is 11.7. The smallest absolute Gasteiger partial charge is 0.459 e. The minimum Gasteiger partial charge on any atom is -0.462 e. The van der Waals surface area contributed by atoms with Gasteiger partial charge < -0.3 is 23.8 Å². The van der Waals surface area contributed by atoms with E-state index in [4.69, 9.17) is 29.7 Å². The Balaban J connectivity index is 1.58. The number of nitrogens with one attached hydrogen (secondary N) is 2.